The molecule has 1 saturated heterocycles. The Morgan fingerprint density at radius 3 is 2.90 bits per heavy atom. The van der Waals surface area contributed by atoms with Gasteiger partial charge in [-0.25, -0.2) is 0 Å². The highest BCUT2D eigenvalue weighted by Crippen LogP contribution is 2.38. The SMILES string of the molecule is CNC1C(=O)N(C/C=C/C=C\NN)C2CCCC2CC1C. The molecule has 1 heterocycles. The van der Waals surface area contributed by atoms with Gasteiger partial charge < -0.3 is 15.6 Å². The molecule has 0 aromatic carbocycles. The Bertz CT molecular complexity index is 407. The van der Waals surface area contributed by atoms with Crippen LogP contribution in [0.3, 0.4) is 0 Å². The third-order valence-corrected chi connectivity index (χ3v) is 4.86. The van der Waals surface area contributed by atoms with Crippen LogP contribution < -0.4 is 16.6 Å². The lowest BCUT2D eigenvalue weighted by Crippen LogP contribution is -2.49. The van der Waals surface area contributed by atoms with Crippen LogP contribution in [0.1, 0.15) is 32.6 Å². The number of rotatable bonds is 5. The first-order chi connectivity index (χ1) is 10.2. The van der Waals surface area contributed by atoms with E-state index in [0.29, 0.717) is 24.4 Å². The molecule has 4 N–H and O–H groups in total. The molecule has 0 aromatic heterocycles. The van der Waals surface area contributed by atoms with Crippen LogP contribution in [0.25, 0.3) is 0 Å². The summed E-state index contributed by atoms with van der Waals surface area (Å²) in [5.41, 5.74) is 2.46. The molecule has 1 amide bonds. The van der Waals surface area contributed by atoms with Gasteiger partial charge in [0.2, 0.25) is 5.91 Å². The number of nitrogens with one attached hydrogen (secondary N) is 2. The van der Waals surface area contributed by atoms with Crippen LogP contribution in [-0.2, 0) is 4.79 Å². The van der Waals surface area contributed by atoms with Gasteiger partial charge in [-0.2, -0.15) is 0 Å². The van der Waals surface area contributed by atoms with Crippen molar-refractivity contribution in [2.75, 3.05) is 13.6 Å². The zero-order chi connectivity index (χ0) is 15.2. The first-order valence-corrected chi connectivity index (χ1v) is 7.94. The van der Waals surface area contributed by atoms with Gasteiger partial charge >= 0.3 is 0 Å². The second-order valence-corrected chi connectivity index (χ2v) is 6.18. The molecule has 0 spiro atoms. The minimum atomic E-state index is -0.0507. The quantitative estimate of drug-likeness (QED) is 0.404. The Hall–Kier alpha value is -1.33. The predicted molar refractivity (Wildman–Crippen MR) is 85.1 cm³/mol. The fourth-order valence-electron chi connectivity index (χ4n) is 3.90. The third kappa shape index (κ3) is 3.66. The second kappa shape index (κ2) is 7.61. The maximum Gasteiger partial charge on any atom is 0.240 e. The minimum Gasteiger partial charge on any atom is -0.334 e. The fourth-order valence-corrected chi connectivity index (χ4v) is 3.90. The van der Waals surface area contributed by atoms with Crippen molar-refractivity contribution in [2.45, 2.75) is 44.7 Å². The summed E-state index contributed by atoms with van der Waals surface area (Å²) in [5.74, 6) is 6.50. The van der Waals surface area contributed by atoms with Gasteiger partial charge in [-0.15, -0.1) is 0 Å². The zero-order valence-electron chi connectivity index (χ0n) is 13.1. The Labute approximate surface area is 127 Å². The average molecular weight is 292 g/mol. The monoisotopic (exact) mass is 292 g/mol. The lowest BCUT2D eigenvalue weighted by atomic mass is 9.90. The van der Waals surface area contributed by atoms with Crippen LogP contribution in [0.2, 0.25) is 0 Å². The van der Waals surface area contributed by atoms with E-state index >= 15 is 0 Å². The molecule has 4 unspecified atom stereocenters. The molecule has 118 valence electrons. The van der Waals surface area contributed by atoms with Crippen molar-refractivity contribution < 1.29 is 4.79 Å². The molecule has 0 radical (unpaired) electrons. The second-order valence-electron chi connectivity index (χ2n) is 6.18. The number of nitrogens with two attached hydrogens (primary N) is 1. The van der Waals surface area contributed by atoms with Gasteiger partial charge in [-0.3, -0.25) is 10.6 Å². The first kappa shape index (κ1) is 16.0. The molecule has 5 heteroatoms. The van der Waals surface area contributed by atoms with E-state index in [1.165, 1.54) is 12.8 Å². The highest BCUT2D eigenvalue weighted by molar-refractivity contribution is 5.83. The molecule has 1 saturated carbocycles. The van der Waals surface area contributed by atoms with Crippen LogP contribution in [0.15, 0.2) is 24.4 Å². The summed E-state index contributed by atoms with van der Waals surface area (Å²) in [6, 6.07) is 0.366. The maximum absolute atomic E-state index is 12.8. The van der Waals surface area contributed by atoms with Crippen LogP contribution in [-0.4, -0.2) is 36.5 Å². The number of hydrazine groups is 1. The van der Waals surface area contributed by atoms with Gasteiger partial charge in [-0.05, 0) is 44.2 Å². The lowest BCUT2D eigenvalue weighted by molar-refractivity contribution is -0.135. The van der Waals surface area contributed by atoms with Crippen molar-refractivity contribution in [1.82, 2.24) is 15.6 Å². The third-order valence-electron chi connectivity index (χ3n) is 4.86. The molecule has 1 aliphatic heterocycles. The van der Waals surface area contributed by atoms with E-state index < -0.39 is 0 Å². The zero-order valence-corrected chi connectivity index (χ0v) is 13.1. The number of amides is 1. The van der Waals surface area contributed by atoms with Gasteiger partial charge in [0, 0.05) is 18.8 Å². The number of likely N-dealkylation sites (N-methyl/N-ethyl adjacent to an activating group) is 1. The Kier molecular flexibility index (Phi) is 5.82. The number of likely N-dealkylation sites (tertiary alicyclic amines) is 1. The van der Waals surface area contributed by atoms with E-state index in [9.17, 15) is 4.79 Å². The van der Waals surface area contributed by atoms with Gasteiger partial charge in [0.15, 0.2) is 0 Å². The van der Waals surface area contributed by atoms with Crippen molar-refractivity contribution in [3.63, 3.8) is 0 Å². The summed E-state index contributed by atoms with van der Waals surface area (Å²) in [7, 11) is 1.89. The normalized spacial score (nSPS) is 33.7. The number of nitrogens with zero attached hydrogens (tertiary/aromatic N) is 1. The van der Waals surface area contributed by atoms with E-state index in [0.717, 1.165) is 12.8 Å². The van der Waals surface area contributed by atoms with E-state index in [4.69, 9.17) is 5.84 Å². The van der Waals surface area contributed by atoms with Crippen molar-refractivity contribution >= 4 is 5.91 Å². The largest absolute Gasteiger partial charge is 0.334 e. The molecule has 1 aliphatic carbocycles. The first-order valence-electron chi connectivity index (χ1n) is 7.94. The molecule has 5 nitrogen and oxygen atoms in total. The van der Waals surface area contributed by atoms with Gasteiger partial charge in [-0.1, -0.05) is 25.5 Å². The molecule has 4 atom stereocenters. The summed E-state index contributed by atoms with van der Waals surface area (Å²) in [6.07, 6.45) is 12.3. The smallest absolute Gasteiger partial charge is 0.240 e. The van der Waals surface area contributed by atoms with Gasteiger partial charge in [0.05, 0.1) is 6.04 Å². The standard InChI is InChI=1S/C16H28N4O/c1-12-11-13-7-6-8-14(13)20(16(21)15(12)18-2)10-5-3-4-9-19-17/h3-5,9,12-15,18-19H,6-8,10-11,17H2,1-2H3/b5-3+,9-4-. The summed E-state index contributed by atoms with van der Waals surface area (Å²) in [6.45, 7) is 2.88. The van der Waals surface area contributed by atoms with Gasteiger partial charge in [0.25, 0.3) is 0 Å². The molecular weight excluding hydrogens is 264 g/mol. The van der Waals surface area contributed by atoms with E-state index in [1.54, 1.807) is 6.20 Å². The van der Waals surface area contributed by atoms with E-state index in [1.807, 2.05) is 25.3 Å². The average Bonchev–Trinajstić information content (AvgIpc) is 2.88. The van der Waals surface area contributed by atoms with E-state index in [2.05, 4.69) is 22.6 Å². The fraction of sp³-hybridized carbons (Fsp3) is 0.688. The van der Waals surface area contributed by atoms with Crippen LogP contribution in [0, 0.1) is 11.8 Å². The highest BCUT2D eigenvalue weighted by Gasteiger charge is 2.42. The number of hydrogen-bond acceptors (Lipinski definition) is 4. The minimum absolute atomic E-state index is 0.0507. The molecule has 0 aromatic rings. The lowest BCUT2D eigenvalue weighted by Gasteiger charge is -2.31. The Balaban J connectivity index is 2.11. The van der Waals surface area contributed by atoms with Crippen molar-refractivity contribution in [1.29, 1.82) is 0 Å². The molecule has 2 fully saturated rings. The predicted octanol–water partition coefficient (Wildman–Crippen LogP) is 1.14. The summed E-state index contributed by atoms with van der Waals surface area (Å²) in [4.78, 5) is 14.9. The number of allylic oxidation sites excluding steroid dienone is 2. The van der Waals surface area contributed by atoms with E-state index in [-0.39, 0.29) is 11.9 Å². The molecule has 0 bridgehead atoms. The number of fused-ring (bicyclic) bond motifs is 1. The molecular formula is C16H28N4O. The van der Waals surface area contributed by atoms with Crippen molar-refractivity contribution in [3.8, 4) is 0 Å². The number of hydrogen-bond donors (Lipinski definition) is 3. The Morgan fingerprint density at radius 1 is 1.38 bits per heavy atom. The van der Waals surface area contributed by atoms with Crippen LogP contribution in [0.5, 0.6) is 0 Å². The Morgan fingerprint density at radius 2 is 2.19 bits per heavy atom. The molecule has 2 aliphatic rings. The van der Waals surface area contributed by atoms with Crippen LogP contribution in [0.4, 0.5) is 0 Å². The highest BCUT2D eigenvalue weighted by atomic mass is 16.2. The summed E-state index contributed by atoms with van der Waals surface area (Å²) >= 11 is 0. The molecule has 21 heavy (non-hydrogen) atoms. The summed E-state index contributed by atoms with van der Waals surface area (Å²) in [5, 5.41) is 3.22. The van der Waals surface area contributed by atoms with Crippen molar-refractivity contribution in [2.24, 2.45) is 17.7 Å². The maximum atomic E-state index is 12.8. The summed E-state index contributed by atoms with van der Waals surface area (Å²) < 4.78 is 0. The molecule has 2 rings (SSSR count). The number of carbonyl (C=O) groups excluding carboxylic acids is 1. The number of carbonyl (C=O) groups is 1. The van der Waals surface area contributed by atoms with Crippen LogP contribution >= 0.6 is 0 Å². The van der Waals surface area contributed by atoms with Gasteiger partial charge in [0.1, 0.15) is 0 Å². The topological polar surface area (TPSA) is 70.4 Å². The van der Waals surface area contributed by atoms with Crippen molar-refractivity contribution in [3.05, 3.63) is 24.4 Å².